The Morgan fingerprint density at radius 2 is 2.18 bits per heavy atom. The number of H-pyrrole nitrogens is 1. The van der Waals surface area contributed by atoms with Crippen molar-refractivity contribution in [3.63, 3.8) is 0 Å². The monoisotopic (exact) mass is 396 g/mol. The predicted octanol–water partition coefficient (Wildman–Crippen LogP) is 4.67. The van der Waals surface area contributed by atoms with Crippen LogP contribution in [0.4, 0.5) is 11.6 Å². The number of halogens is 1. The molecule has 2 aromatic heterocycles. The molecule has 0 bridgehead atoms. The van der Waals surface area contributed by atoms with Crippen molar-refractivity contribution in [2.45, 2.75) is 10.9 Å². The number of hydrogen-bond acceptors (Lipinski definition) is 6. The highest BCUT2D eigenvalue weighted by Gasteiger charge is 2.08. The molecule has 0 radical (unpaired) electrons. The number of methoxy groups -OCH3 is 1. The summed E-state index contributed by atoms with van der Waals surface area (Å²) in [5.41, 5.74) is 0.847. The molecule has 114 valence electrons. The van der Waals surface area contributed by atoms with Gasteiger partial charge in [0.25, 0.3) is 0 Å². The van der Waals surface area contributed by atoms with E-state index in [1.807, 2.05) is 30.3 Å². The van der Waals surface area contributed by atoms with Gasteiger partial charge in [-0.1, -0.05) is 23.9 Å². The topological polar surface area (TPSA) is 62.8 Å². The molecular weight excluding hydrogens is 384 g/mol. The minimum atomic E-state index is 0.597. The van der Waals surface area contributed by atoms with E-state index in [4.69, 9.17) is 4.74 Å². The van der Waals surface area contributed by atoms with Gasteiger partial charge in [-0.25, -0.2) is 5.10 Å². The Bertz CT molecular complexity index is 759. The predicted molar refractivity (Wildman–Crippen MR) is 94.2 cm³/mol. The van der Waals surface area contributed by atoms with Gasteiger partial charge in [-0.2, -0.15) is 4.98 Å². The fourth-order valence-electron chi connectivity index (χ4n) is 1.81. The van der Waals surface area contributed by atoms with Crippen molar-refractivity contribution in [1.29, 1.82) is 0 Å². The maximum atomic E-state index is 5.30. The Morgan fingerprint density at radius 1 is 1.32 bits per heavy atom. The largest absolute Gasteiger partial charge is 0.495 e. The Balaban J connectivity index is 1.63. The van der Waals surface area contributed by atoms with E-state index < -0.39 is 0 Å². The van der Waals surface area contributed by atoms with Gasteiger partial charge in [0.15, 0.2) is 0 Å². The van der Waals surface area contributed by atoms with Crippen LogP contribution in [0.2, 0.25) is 0 Å². The molecule has 0 saturated carbocycles. The van der Waals surface area contributed by atoms with Crippen LogP contribution in [0.15, 0.2) is 45.3 Å². The molecular formula is C14H13BrN4OS2. The number of anilines is 2. The Hall–Kier alpha value is -1.51. The normalized spacial score (nSPS) is 10.6. The van der Waals surface area contributed by atoms with E-state index in [1.54, 1.807) is 30.2 Å². The second kappa shape index (κ2) is 7.17. The average molecular weight is 397 g/mol. The first kappa shape index (κ1) is 15.4. The van der Waals surface area contributed by atoms with E-state index in [1.165, 1.54) is 4.88 Å². The van der Waals surface area contributed by atoms with Crippen LogP contribution >= 0.6 is 39.0 Å². The Kier molecular flexibility index (Phi) is 5.01. The van der Waals surface area contributed by atoms with Gasteiger partial charge in [-0.3, -0.25) is 0 Å². The first-order chi connectivity index (χ1) is 10.7. The van der Waals surface area contributed by atoms with Crippen LogP contribution in [0.5, 0.6) is 5.75 Å². The molecule has 5 nitrogen and oxygen atoms in total. The third kappa shape index (κ3) is 3.82. The Labute approximate surface area is 144 Å². The van der Waals surface area contributed by atoms with Crippen molar-refractivity contribution in [2.24, 2.45) is 0 Å². The number of thioether (sulfide) groups is 1. The van der Waals surface area contributed by atoms with Gasteiger partial charge < -0.3 is 10.1 Å². The van der Waals surface area contributed by atoms with Crippen LogP contribution in [0.3, 0.4) is 0 Å². The first-order valence-electron chi connectivity index (χ1n) is 6.44. The highest BCUT2D eigenvalue weighted by Crippen LogP contribution is 2.29. The lowest BCUT2D eigenvalue weighted by molar-refractivity contribution is 0.417. The number of hydrogen-bond donors (Lipinski definition) is 2. The molecule has 0 spiro atoms. The molecule has 3 aromatic rings. The molecule has 2 heterocycles. The van der Waals surface area contributed by atoms with E-state index in [0.29, 0.717) is 11.1 Å². The molecule has 0 fully saturated rings. The molecule has 2 N–H and O–H groups in total. The lowest BCUT2D eigenvalue weighted by Crippen LogP contribution is -1.95. The maximum Gasteiger partial charge on any atom is 0.224 e. The van der Waals surface area contributed by atoms with E-state index >= 15 is 0 Å². The highest BCUT2D eigenvalue weighted by molar-refractivity contribution is 9.11. The zero-order chi connectivity index (χ0) is 15.4. The summed E-state index contributed by atoms with van der Waals surface area (Å²) >= 11 is 6.78. The van der Waals surface area contributed by atoms with Crippen molar-refractivity contribution in [3.05, 3.63) is 45.1 Å². The van der Waals surface area contributed by atoms with Gasteiger partial charge in [0.1, 0.15) is 5.75 Å². The van der Waals surface area contributed by atoms with E-state index in [-0.39, 0.29) is 0 Å². The fraction of sp³-hybridized carbons (Fsp3) is 0.143. The molecule has 0 aliphatic carbocycles. The molecule has 0 amide bonds. The quantitative estimate of drug-likeness (QED) is 0.592. The van der Waals surface area contributed by atoms with E-state index in [0.717, 1.165) is 21.0 Å². The van der Waals surface area contributed by atoms with Crippen molar-refractivity contribution in [1.82, 2.24) is 15.2 Å². The zero-order valence-corrected chi connectivity index (χ0v) is 14.9. The molecule has 1 aromatic carbocycles. The maximum absolute atomic E-state index is 5.30. The van der Waals surface area contributed by atoms with Crippen LogP contribution in [-0.2, 0) is 5.75 Å². The summed E-state index contributed by atoms with van der Waals surface area (Å²) in [5.74, 6) is 2.21. The van der Waals surface area contributed by atoms with Gasteiger partial charge in [0.2, 0.25) is 11.1 Å². The number of aromatic nitrogens is 3. The lowest BCUT2D eigenvalue weighted by Gasteiger charge is -2.07. The summed E-state index contributed by atoms with van der Waals surface area (Å²) in [6, 6.07) is 11.8. The summed E-state index contributed by atoms with van der Waals surface area (Å²) in [4.78, 5) is 5.70. The molecule has 0 unspecified atom stereocenters. The van der Waals surface area contributed by atoms with Crippen molar-refractivity contribution in [2.75, 3.05) is 12.4 Å². The summed E-state index contributed by atoms with van der Waals surface area (Å²) in [5, 5.41) is 11.0. The molecule has 0 aliphatic rings. The van der Waals surface area contributed by atoms with E-state index in [9.17, 15) is 0 Å². The summed E-state index contributed by atoms with van der Waals surface area (Å²) in [6.45, 7) is 0. The SMILES string of the molecule is COc1ccccc1Nc1nc(SCc2ccc(Br)s2)n[nH]1. The van der Waals surface area contributed by atoms with Gasteiger partial charge >= 0.3 is 0 Å². The van der Waals surface area contributed by atoms with Crippen LogP contribution < -0.4 is 10.1 Å². The average Bonchev–Trinajstić information content (AvgIpc) is 3.15. The number of thiophene rings is 1. The number of nitrogens with zero attached hydrogens (tertiary/aromatic N) is 2. The minimum absolute atomic E-state index is 0.597. The molecule has 0 aliphatic heterocycles. The smallest absolute Gasteiger partial charge is 0.224 e. The van der Waals surface area contributed by atoms with Gasteiger partial charge in [0.05, 0.1) is 16.6 Å². The van der Waals surface area contributed by atoms with Gasteiger partial charge in [0, 0.05) is 10.6 Å². The van der Waals surface area contributed by atoms with Crippen LogP contribution in [-0.4, -0.2) is 22.3 Å². The fourth-order valence-corrected chi connectivity index (χ4v) is 4.13. The standard InChI is InChI=1S/C14H13BrN4OS2/c1-20-11-5-3-2-4-10(11)16-13-17-14(19-18-13)21-8-9-6-7-12(15)22-9/h2-7H,8H2,1H3,(H2,16,17,18,19). The summed E-state index contributed by atoms with van der Waals surface area (Å²) in [7, 11) is 1.64. The second-order valence-electron chi connectivity index (χ2n) is 4.29. The summed E-state index contributed by atoms with van der Waals surface area (Å²) in [6.07, 6.45) is 0. The second-order valence-corrected chi connectivity index (χ2v) is 7.78. The van der Waals surface area contributed by atoms with E-state index in [2.05, 4.69) is 42.5 Å². The van der Waals surface area contributed by atoms with Crippen molar-refractivity contribution < 1.29 is 4.74 Å². The number of rotatable bonds is 6. The van der Waals surface area contributed by atoms with Gasteiger partial charge in [-0.05, 0) is 40.2 Å². The molecule has 0 saturated heterocycles. The zero-order valence-electron chi connectivity index (χ0n) is 11.7. The van der Waals surface area contributed by atoms with Crippen LogP contribution in [0.1, 0.15) is 4.88 Å². The number of aromatic amines is 1. The molecule has 3 rings (SSSR count). The number of benzene rings is 1. The van der Waals surface area contributed by atoms with Crippen LogP contribution in [0.25, 0.3) is 0 Å². The third-order valence-electron chi connectivity index (χ3n) is 2.80. The van der Waals surface area contributed by atoms with Crippen LogP contribution in [0, 0.1) is 0 Å². The van der Waals surface area contributed by atoms with Gasteiger partial charge in [-0.15, -0.1) is 16.4 Å². The van der Waals surface area contributed by atoms with Crippen molar-refractivity contribution >= 4 is 50.7 Å². The lowest BCUT2D eigenvalue weighted by atomic mass is 10.3. The first-order valence-corrected chi connectivity index (χ1v) is 9.03. The highest BCUT2D eigenvalue weighted by atomic mass is 79.9. The Morgan fingerprint density at radius 3 is 2.95 bits per heavy atom. The van der Waals surface area contributed by atoms with Crippen molar-refractivity contribution in [3.8, 4) is 5.75 Å². The number of ether oxygens (including phenoxy) is 1. The number of para-hydroxylation sites is 2. The molecule has 22 heavy (non-hydrogen) atoms. The number of nitrogens with one attached hydrogen (secondary N) is 2. The molecule has 8 heteroatoms. The minimum Gasteiger partial charge on any atom is -0.495 e. The third-order valence-corrected chi connectivity index (χ3v) is 5.50. The summed E-state index contributed by atoms with van der Waals surface area (Å²) < 4.78 is 6.43. The molecule has 0 atom stereocenters.